The lowest BCUT2D eigenvalue weighted by Gasteiger charge is -2.12. The number of carboxylic acids is 1. The van der Waals surface area contributed by atoms with Gasteiger partial charge in [-0.15, -0.1) is 0 Å². The maximum absolute atomic E-state index is 11.2. The van der Waals surface area contributed by atoms with Crippen LogP contribution in [0.4, 0.5) is 4.79 Å². The van der Waals surface area contributed by atoms with Gasteiger partial charge < -0.3 is 26.2 Å². The Morgan fingerprint density at radius 1 is 1.28 bits per heavy atom. The number of rotatable bonds is 7. The fourth-order valence-corrected chi connectivity index (χ4v) is 1.21. The third-order valence-electron chi connectivity index (χ3n) is 2.37. The minimum absolute atomic E-state index is 0.113. The Kier molecular flexibility index (Phi) is 5.37. The molecule has 0 aromatic heterocycles. The van der Waals surface area contributed by atoms with Crippen LogP contribution >= 0.6 is 0 Å². The molecule has 18 heavy (non-hydrogen) atoms. The van der Waals surface area contributed by atoms with Crippen LogP contribution in [0, 0.1) is 0 Å². The van der Waals surface area contributed by atoms with Gasteiger partial charge in [-0.25, -0.2) is 9.59 Å². The molecule has 0 spiro atoms. The molecule has 1 aliphatic rings. The normalized spacial score (nSPS) is 15.6. The second-order valence-electron chi connectivity index (χ2n) is 4.07. The van der Waals surface area contributed by atoms with Crippen molar-refractivity contribution in [3.05, 3.63) is 0 Å². The molecule has 1 aliphatic carbocycles. The number of amides is 3. The van der Waals surface area contributed by atoms with Crippen molar-refractivity contribution in [3.63, 3.8) is 0 Å². The molecule has 0 radical (unpaired) electrons. The second kappa shape index (κ2) is 6.80. The van der Waals surface area contributed by atoms with E-state index in [1.54, 1.807) is 0 Å². The zero-order chi connectivity index (χ0) is 13.5. The summed E-state index contributed by atoms with van der Waals surface area (Å²) in [6.45, 7) is -0.576. The highest BCUT2D eigenvalue weighted by Gasteiger charge is 2.23. The van der Waals surface area contributed by atoms with Crippen molar-refractivity contribution in [2.45, 2.75) is 31.3 Å². The van der Waals surface area contributed by atoms with E-state index in [9.17, 15) is 14.4 Å². The highest BCUT2D eigenvalue weighted by atomic mass is 16.4. The van der Waals surface area contributed by atoms with Gasteiger partial charge >= 0.3 is 12.0 Å². The number of carboxylic acid groups (broad SMARTS) is 1. The molecule has 1 rings (SSSR count). The predicted molar refractivity (Wildman–Crippen MR) is 60.8 cm³/mol. The third kappa shape index (κ3) is 5.48. The van der Waals surface area contributed by atoms with Crippen LogP contribution in [0.1, 0.15) is 19.3 Å². The zero-order valence-corrected chi connectivity index (χ0v) is 9.81. The van der Waals surface area contributed by atoms with Crippen LogP contribution < -0.4 is 16.0 Å². The molecule has 0 bridgehead atoms. The van der Waals surface area contributed by atoms with Gasteiger partial charge in [-0.3, -0.25) is 4.79 Å². The summed E-state index contributed by atoms with van der Waals surface area (Å²) in [7, 11) is 0. The number of hydrogen-bond acceptors (Lipinski definition) is 4. The van der Waals surface area contributed by atoms with Gasteiger partial charge in [0.25, 0.3) is 0 Å². The summed E-state index contributed by atoms with van der Waals surface area (Å²) >= 11 is 0. The summed E-state index contributed by atoms with van der Waals surface area (Å²) < 4.78 is 0. The van der Waals surface area contributed by atoms with Crippen LogP contribution in [0.3, 0.4) is 0 Å². The fraction of sp³-hybridized carbons (Fsp3) is 0.700. The smallest absolute Gasteiger partial charge is 0.328 e. The molecule has 1 fully saturated rings. The maximum atomic E-state index is 11.2. The summed E-state index contributed by atoms with van der Waals surface area (Å²) in [5.74, 6) is -1.46. The number of carbonyl (C=O) groups is 3. The van der Waals surface area contributed by atoms with Gasteiger partial charge in [0.2, 0.25) is 5.91 Å². The summed E-state index contributed by atoms with van der Waals surface area (Å²) in [4.78, 5) is 33.0. The Bertz CT molecular complexity index is 329. The highest BCUT2D eigenvalue weighted by Crippen LogP contribution is 2.18. The minimum atomic E-state index is -1.34. The van der Waals surface area contributed by atoms with Crippen molar-refractivity contribution < 1.29 is 24.6 Å². The van der Waals surface area contributed by atoms with Crippen LogP contribution in [0.5, 0.6) is 0 Å². The van der Waals surface area contributed by atoms with Gasteiger partial charge in [0.15, 0.2) is 6.04 Å². The predicted octanol–water partition coefficient (Wildman–Crippen LogP) is -1.60. The maximum Gasteiger partial charge on any atom is 0.328 e. The van der Waals surface area contributed by atoms with E-state index in [2.05, 4.69) is 16.0 Å². The van der Waals surface area contributed by atoms with Crippen molar-refractivity contribution in [3.8, 4) is 0 Å². The van der Waals surface area contributed by atoms with E-state index >= 15 is 0 Å². The Labute approximate surface area is 104 Å². The number of aliphatic hydroxyl groups is 1. The van der Waals surface area contributed by atoms with Crippen molar-refractivity contribution in [2.24, 2.45) is 0 Å². The molecule has 0 aromatic rings. The molecule has 0 saturated heterocycles. The van der Waals surface area contributed by atoms with Crippen LogP contribution in [0.2, 0.25) is 0 Å². The number of carbonyl (C=O) groups excluding carboxylic acids is 2. The fourth-order valence-electron chi connectivity index (χ4n) is 1.21. The highest BCUT2D eigenvalue weighted by molar-refractivity contribution is 5.83. The van der Waals surface area contributed by atoms with E-state index in [0.717, 1.165) is 12.8 Å². The number of urea groups is 1. The first-order valence-electron chi connectivity index (χ1n) is 5.70. The topological polar surface area (TPSA) is 128 Å². The molecule has 8 heteroatoms. The van der Waals surface area contributed by atoms with E-state index in [4.69, 9.17) is 10.2 Å². The summed E-state index contributed by atoms with van der Waals surface area (Å²) in [6.07, 6.45) is 2.13. The van der Waals surface area contributed by atoms with E-state index < -0.39 is 24.6 Å². The molecule has 1 atom stereocenters. The lowest BCUT2D eigenvalue weighted by molar-refractivity contribution is -0.140. The molecule has 8 nitrogen and oxygen atoms in total. The molecular formula is C10H17N3O5. The van der Waals surface area contributed by atoms with Gasteiger partial charge in [-0.05, 0) is 12.8 Å². The van der Waals surface area contributed by atoms with Crippen LogP contribution in [-0.4, -0.2) is 53.4 Å². The van der Waals surface area contributed by atoms with Crippen LogP contribution in [0.25, 0.3) is 0 Å². The quantitative estimate of drug-likeness (QED) is 0.376. The van der Waals surface area contributed by atoms with Crippen molar-refractivity contribution in [1.29, 1.82) is 0 Å². The van der Waals surface area contributed by atoms with E-state index in [0.29, 0.717) is 0 Å². The zero-order valence-electron chi connectivity index (χ0n) is 9.81. The van der Waals surface area contributed by atoms with Gasteiger partial charge in [-0.2, -0.15) is 0 Å². The monoisotopic (exact) mass is 259 g/mol. The standard InChI is InChI=1S/C10H17N3O5/c14-5-7(9(16)17)13-10(18)11-4-3-8(15)12-6-1-2-6/h6-7,14H,1-5H2,(H,12,15)(H,16,17)(H2,11,13,18)/t7-/m1/s1. The second-order valence-corrected chi connectivity index (χ2v) is 4.07. The van der Waals surface area contributed by atoms with Crippen molar-refractivity contribution in [2.75, 3.05) is 13.2 Å². The third-order valence-corrected chi connectivity index (χ3v) is 2.37. The molecule has 102 valence electrons. The minimum Gasteiger partial charge on any atom is -0.480 e. The van der Waals surface area contributed by atoms with Gasteiger partial charge in [0.1, 0.15) is 0 Å². The first-order chi connectivity index (χ1) is 8.52. The van der Waals surface area contributed by atoms with Crippen LogP contribution in [-0.2, 0) is 9.59 Å². The Balaban J connectivity index is 2.11. The molecule has 1 saturated carbocycles. The Hall–Kier alpha value is -1.83. The lowest BCUT2D eigenvalue weighted by atomic mass is 10.3. The number of aliphatic hydroxyl groups excluding tert-OH is 1. The molecule has 5 N–H and O–H groups in total. The summed E-state index contributed by atoms with van der Waals surface area (Å²) in [5.41, 5.74) is 0. The van der Waals surface area contributed by atoms with Gasteiger partial charge in [-0.1, -0.05) is 0 Å². The number of nitrogens with one attached hydrogen (secondary N) is 3. The first kappa shape index (κ1) is 14.2. The molecule has 0 aromatic carbocycles. The lowest BCUT2D eigenvalue weighted by Crippen LogP contribution is -2.48. The SMILES string of the molecule is O=C(CCNC(=O)N[C@H](CO)C(=O)O)NC1CC1. The molecule has 0 aliphatic heterocycles. The first-order valence-corrected chi connectivity index (χ1v) is 5.70. The Morgan fingerprint density at radius 2 is 1.94 bits per heavy atom. The Morgan fingerprint density at radius 3 is 2.44 bits per heavy atom. The number of hydrogen-bond donors (Lipinski definition) is 5. The average Bonchev–Trinajstić information content (AvgIpc) is 3.09. The van der Waals surface area contributed by atoms with Crippen LogP contribution in [0.15, 0.2) is 0 Å². The van der Waals surface area contributed by atoms with E-state index in [1.807, 2.05) is 0 Å². The summed E-state index contributed by atoms with van der Waals surface area (Å²) in [6, 6.07) is -1.79. The number of aliphatic carboxylic acids is 1. The van der Waals surface area contributed by atoms with E-state index in [-0.39, 0.29) is 24.9 Å². The van der Waals surface area contributed by atoms with Crippen molar-refractivity contribution in [1.82, 2.24) is 16.0 Å². The van der Waals surface area contributed by atoms with Gasteiger partial charge in [0.05, 0.1) is 6.61 Å². The van der Waals surface area contributed by atoms with Crippen molar-refractivity contribution >= 4 is 17.9 Å². The largest absolute Gasteiger partial charge is 0.480 e. The summed E-state index contributed by atoms with van der Waals surface area (Å²) in [5, 5.41) is 24.4. The molecule has 0 unspecified atom stereocenters. The van der Waals surface area contributed by atoms with Gasteiger partial charge in [0, 0.05) is 19.0 Å². The molecular weight excluding hydrogens is 242 g/mol. The average molecular weight is 259 g/mol. The van der Waals surface area contributed by atoms with E-state index in [1.165, 1.54) is 0 Å². The molecule has 0 heterocycles. The molecule has 3 amide bonds.